The molecule has 1 N–H and O–H groups in total. The van der Waals surface area contributed by atoms with E-state index in [1.807, 2.05) is 0 Å². The van der Waals surface area contributed by atoms with Crippen LogP contribution in [0.5, 0.6) is 0 Å². The third kappa shape index (κ3) is 2.38. The van der Waals surface area contributed by atoms with E-state index < -0.39 is 0 Å². The van der Waals surface area contributed by atoms with Gasteiger partial charge in [-0.3, -0.25) is 4.99 Å². The Kier molecular flexibility index (Phi) is 3.27. The van der Waals surface area contributed by atoms with Crippen molar-refractivity contribution in [2.75, 3.05) is 13.1 Å². The summed E-state index contributed by atoms with van der Waals surface area (Å²) in [6.07, 6.45) is 4.94. The lowest BCUT2D eigenvalue weighted by Crippen LogP contribution is -2.22. The molecular formula is C8H16N2. The number of unbranched alkanes of at least 4 members (excludes halogenated alkanes) is 1. The van der Waals surface area contributed by atoms with Gasteiger partial charge in [0, 0.05) is 19.5 Å². The molecule has 1 heterocycles. The van der Waals surface area contributed by atoms with Gasteiger partial charge in [-0.05, 0) is 12.8 Å². The number of aliphatic imine (C=N–C) groups is 1. The first kappa shape index (κ1) is 7.58. The highest BCUT2D eigenvalue weighted by atomic mass is 15.0. The summed E-state index contributed by atoms with van der Waals surface area (Å²) >= 11 is 0. The number of rotatable bonds is 3. The van der Waals surface area contributed by atoms with Crippen LogP contribution in [-0.2, 0) is 0 Å². The highest BCUT2D eigenvalue weighted by molar-refractivity contribution is 5.83. The lowest BCUT2D eigenvalue weighted by Gasteiger charge is -2.02. The standard InChI is InChI=1S/C8H16N2/c1-2-3-6-9-8-5-4-7-10-8/h2-7H2,1H3,(H,9,10). The minimum atomic E-state index is 1.04. The van der Waals surface area contributed by atoms with Gasteiger partial charge in [-0.2, -0.15) is 0 Å². The molecule has 0 aliphatic carbocycles. The van der Waals surface area contributed by atoms with Crippen LogP contribution in [0.2, 0.25) is 0 Å². The van der Waals surface area contributed by atoms with E-state index in [9.17, 15) is 0 Å². The molecule has 58 valence electrons. The summed E-state index contributed by atoms with van der Waals surface area (Å²) in [7, 11) is 0. The zero-order chi connectivity index (χ0) is 7.23. The van der Waals surface area contributed by atoms with Crippen LogP contribution >= 0.6 is 0 Å². The van der Waals surface area contributed by atoms with Crippen molar-refractivity contribution >= 4 is 5.84 Å². The van der Waals surface area contributed by atoms with Crippen molar-refractivity contribution in [3.05, 3.63) is 0 Å². The molecular weight excluding hydrogens is 124 g/mol. The fourth-order valence-electron chi connectivity index (χ4n) is 1.09. The van der Waals surface area contributed by atoms with Crippen LogP contribution in [0.1, 0.15) is 32.6 Å². The Hall–Kier alpha value is -0.530. The second kappa shape index (κ2) is 4.31. The normalized spacial score (nSPS) is 17.1. The van der Waals surface area contributed by atoms with Gasteiger partial charge in [0.2, 0.25) is 0 Å². The molecule has 0 unspecified atom stereocenters. The minimum Gasteiger partial charge on any atom is -0.374 e. The van der Waals surface area contributed by atoms with E-state index in [2.05, 4.69) is 17.2 Å². The quantitative estimate of drug-likeness (QED) is 0.591. The first-order chi connectivity index (χ1) is 4.93. The number of hydrogen-bond donors (Lipinski definition) is 1. The van der Waals surface area contributed by atoms with Gasteiger partial charge in [-0.1, -0.05) is 13.3 Å². The van der Waals surface area contributed by atoms with Crippen molar-refractivity contribution in [3.63, 3.8) is 0 Å². The molecule has 1 aliphatic heterocycles. The second-order valence-electron chi connectivity index (χ2n) is 2.71. The van der Waals surface area contributed by atoms with Gasteiger partial charge in [0.05, 0.1) is 5.84 Å². The molecule has 0 atom stereocenters. The van der Waals surface area contributed by atoms with Crippen LogP contribution in [0.25, 0.3) is 0 Å². The summed E-state index contributed by atoms with van der Waals surface area (Å²) in [5.74, 6) is 1.23. The Balaban J connectivity index is 2.01. The van der Waals surface area contributed by atoms with Crippen molar-refractivity contribution < 1.29 is 0 Å². The zero-order valence-corrected chi connectivity index (χ0v) is 6.69. The predicted molar refractivity (Wildman–Crippen MR) is 44.4 cm³/mol. The van der Waals surface area contributed by atoms with Crippen LogP contribution < -0.4 is 5.32 Å². The largest absolute Gasteiger partial charge is 0.374 e. The van der Waals surface area contributed by atoms with Gasteiger partial charge in [-0.25, -0.2) is 0 Å². The van der Waals surface area contributed by atoms with Crippen LogP contribution in [0.15, 0.2) is 4.99 Å². The Morgan fingerprint density at radius 1 is 1.60 bits per heavy atom. The molecule has 0 spiro atoms. The third-order valence-corrected chi connectivity index (χ3v) is 1.73. The number of hydrogen-bond acceptors (Lipinski definition) is 2. The van der Waals surface area contributed by atoms with Crippen molar-refractivity contribution in [2.45, 2.75) is 32.6 Å². The summed E-state index contributed by atoms with van der Waals surface area (Å²) in [6, 6.07) is 0. The molecule has 0 aromatic rings. The minimum absolute atomic E-state index is 1.04. The number of nitrogens with zero attached hydrogens (tertiary/aromatic N) is 1. The fraction of sp³-hybridized carbons (Fsp3) is 0.875. The topological polar surface area (TPSA) is 24.4 Å². The van der Waals surface area contributed by atoms with Crippen LogP contribution in [0.3, 0.4) is 0 Å². The molecule has 0 radical (unpaired) electrons. The molecule has 2 nitrogen and oxygen atoms in total. The van der Waals surface area contributed by atoms with E-state index in [0.29, 0.717) is 0 Å². The molecule has 0 aromatic carbocycles. The first-order valence-electron chi connectivity index (χ1n) is 4.20. The molecule has 10 heavy (non-hydrogen) atoms. The highest BCUT2D eigenvalue weighted by Crippen LogP contribution is 2.00. The SMILES string of the molecule is CCCCNC1=NCCC1. The second-order valence-corrected chi connectivity index (χ2v) is 2.71. The van der Waals surface area contributed by atoms with Gasteiger partial charge in [0.15, 0.2) is 0 Å². The average molecular weight is 140 g/mol. The number of amidine groups is 1. The summed E-state index contributed by atoms with van der Waals surface area (Å²) in [5, 5.41) is 3.33. The average Bonchev–Trinajstić information content (AvgIpc) is 2.41. The zero-order valence-electron chi connectivity index (χ0n) is 6.69. The van der Waals surface area contributed by atoms with Gasteiger partial charge in [0.25, 0.3) is 0 Å². The molecule has 0 saturated heterocycles. The summed E-state index contributed by atoms with van der Waals surface area (Å²) in [6.45, 7) is 4.35. The Morgan fingerprint density at radius 2 is 2.50 bits per heavy atom. The number of nitrogens with one attached hydrogen (secondary N) is 1. The van der Waals surface area contributed by atoms with Crippen molar-refractivity contribution in [1.29, 1.82) is 0 Å². The summed E-state index contributed by atoms with van der Waals surface area (Å²) in [5.41, 5.74) is 0. The third-order valence-electron chi connectivity index (χ3n) is 1.73. The van der Waals surface area contributed by atoms with Crippen molar-refractivity contribution in [1.82, 2.24) is 5.32 Å². The van der Waals surface area contributed by atoms with Gasteiger partial charge in [-0.15, -0.1) is 0 Å². The molecule has 1 rings (SSSR count). The molecule has 0 fully saturated rings. The van der Waals surface area contributed by atoms with Crippen molar-refractivity contribution in [3.8, 4) is 0 Å². The smallest absolute Gasteiger partial charge is 0.0963 e. The van der Waals surface area contributed by atoms with E-state index in [1.54, 1.807) is 0 Å². The molecule has 0 saturated carbocycles. The molecule has 0 amide bonds. The van der Waals surface area contributed by atoms with Crippen molar-refractivity contribution in [2.24, 2.45) is 4.99 Å². The monoisotopic (exact) mass is 140 g/mol. The van der Waals surface area contributed by atoms with Gasteiger partial charge >= 0.3 is 0 Å². The summed E-state index contributed by atoms with van der Waals surface area (Å²) in [4.78, 5) is 4.31. The van der Waals surface area contributed by atoms with Crippen LogP contribution in [0, 0.1) is 0 Å². The fourth-order valence-corrected chi connectivity index (χ4v) is 1.09. The summed E-state index contributed by atoms with van der Waals surface area (Å²) < 4.78 is 0. The molecule has 0 bridgehead atoms. The molecule has 1 aliphatic rings. The molecule has 2 heteroatoms. The maximum atomic E-state index is 4.31. The van der Waals surface area contributed by atoms with E-state index in [1.165, 1.54) is 31.5 Å². The molecule has 0 aromatic heterocycles. The van der Waals surface area contributed by atoms with Crippen LogP contribution in [-0.4, -0.2) is 18.9 Å². The Morgan fingerprint density at radius 3 is 3.10 bits per heavy atom. The van der Waals surface area contributed by atoms with E-state index in [4.69, 9.17) is 0 Å². The van der Waals surface area contributed by atoms with Gasteiger partial charge in [0.1, 0.15) is 0 Å². The lowest BCUT2D eigenvalue weighted by atomic mass is 10.3. The Labute approximate surface area is 62.7 Å². The van der Waals surface area contributed by atoms with Crippen LogP contribution in [0.4, 0.5) is 0 Å². The highest BCUT2D eigenvalue weighted by Gasteiger charge is 2.03. The van der Waals surface area contributed by atoms with E-state index in [0.717, 1.165) is 13.1 Å². The van der Waals surface area contributed by atoms with E-state index in [-0.39, 0.29) is 0 Å². The Bertz CT molecular complexity index is 118. The first-order valence-corrected chi connectivity index (χ1v) is 4.20. The van der Waals surface area contributed by atoms with Gasteiger partial charge < -0.3 is 5.32 Å². The predicted octanol–water partition coefficient (Wildman–Crippen LogP) is 1.57. The van der Waals surface area contributed by atoms with E-state index >= 15 is 0 Å². The maximum Gasteiger partial charge on any atom is 0.0963 e. The maximum absolute atomic E-state index is 4.31. The lowest BCUT2D eigenvalue weighted by molar-refractivity contribution is 0.749.